The number of hydrogen-bond donors (Lipinski definition) is 1. The van der Waals surface area contributed by atoms with E-state index in [1.807, 2.05) is 48.0 Å². The van der Waals surface area contributed by atoms with Crippen LogP contribution in [-0.4, -0.2) is 15.3 Å². The van der Waals surface area contributed by atoms with E-state index in [0.717, 1.165) is 22.3 Å². The Morgan fingerprint density at radius 1 is 1.09 bits per heavy atom. The van der Waals surface area contributed by atoms with E-state index >= 15 is 0 Å². The third kappa shape index (κ3) is 3.96. The normalized spacial score (nSPS) is 11.0. The molecule has 158 valence electrons. The molecule has 3 aromatic heterocycles. The van der Waals surface area contributed by atoms with Gasteiger partial charge in [0.1, 0.15) is 23.6 Å². The molecule has 5 rings (SSSR count). The predicted octanol–water partition coefficient (Wildman–Crippen LogP) is 4.58. The third-order valence-electron chi connectivity index (χ3n) is 5.11. The monoisotopic (exact) mass is 425 g/mol. The van der Waals surface area contributed by atoms with Crippen LogP contribution in [0.2, 0.25) is 0 Å². The van der Waals surface area contributed by atoms with Gasteiger partial charge in [0.25, 0.3) is 5.91 Å². The number of pyridine rings is 1. The lowest BCUT2D eigenvalue weighted by molar-refractivity contribution is 0.102. The summed E-state index contributed by atoms with van der Waals surface area (Å²) >= 11 is 0. The molecule has 0 aliphatic heterocycles. The summed E-state index contributed by atoms with van der Waals surface area (Å²) in [7, 11) is 0. The van der Waals surface area contributed by atoms with Gasteiger partial charge in [-0.05, 0) is 55.0 Å². The zero-order valence-electron chi connectivity index (χ0n) is 17.2. The molecule has 7 nitrogen and oxygen atoms in total. The number of nitrogens with one attached hydrogen (secondary N) is 1. The molecule has 32 heavy (non-hydrogen) atoms. The minimum Gasteiger partial charge on any atom is -0.487 e. The van der Waals surface area contributed by atoms with Gasteiger partial charge in [0, 0.05) is 41.2 Å². The smallest absolute Gasteiger partial charge is 0.336 e. The summed E-state index contributed by atoms with van der Waals surface area (Å²) in [6, 6.07) is 19.4. The molecule has 0 fully saturated rings. The van der Waals surface area contributed by atoms with Crippen molar-refractivity contribution >= 4 is 28.2 Å². The highest BCUT2D eigenvalue weighted by molar-refractivity contribution is 6.05. The number of hydrogen-bond acceptors (Lipinski definition) is 5. The molecule has 0 unspecified atom stereocenters. The molecule has 0 aliphatic rings. The van der Waals surface area contributed by atoms with E-state index in [9.17, 15) is 9.59 Å². The van der Waals surface area contributed by atoms with E-state index in [1.165, 1.54) is 6.07 Å². The summed E-state index contributed by atoms with van der Waals surface area (Å²) in [5, 5.41) is 3.66. The molecule has 7 heteroatoms. The molecule has 0 saturated heterocycles. The van der Waals surface area contributed by atoms with Crippen molar-refractivity contribution in [3.05, 3.63) is 106 Å². The summed E-state index contributed by atoms with van der Waals surface area (Å²) < 4.78 is 13.0. The van der Waals surface area contributed by atoms with Crippen LogP contribution in [0.15, 0.2) is 88.3 Å². The van der Waals surface area contributed by atoms with Crippen molar-refractivity contribution < 1.29 is 13.9 Å². The average molecular weight is 425 g/mol. The number of ether oxygens (including phenoxy) is 1. The van der Waals surface area contributed by atoms with E-state index in [4.69, 9.17) is 9.15 Å². The van der Waals surface area contributed by atoms with Crippen molar-refractivity contribution in [1.29, 1.82) is 0 Å². The van der Waals surface area contributed by atoms with Crippen LogP contribution in [-0.2, 0) is 6.61 Å². The van der Waals surface area contributed by atoms with Gasteiger partial charge in [-0.2, -0.15) is 0 Å². The number of nitrogens with zero attached hydrogens (tertiary/aromatic N) is 2. The van der Waals surface area contributed by atoms with Gasteiger partial charge in [-0.15, -0.1) is 0 Å². The second kappa shape index (κ2) is 8.03. The first-order valence-electron chi connectivity index (χ1n) is 10.1. The Balaban J connectivity index is 1.30. The standard InChI is InChI=1S/C25H19N3O4/c1-16-11-24(29)32-22-13-18(8-9-21(16)22)27-25(30)17-5-4-6-20(12-17)31-15-19-14-28-10-3-2-7-23(28)26-19/h2-14H,15H2,1H3,(H,27,30). The van der Waals surface area contributed by atoms with Crippen molar-refractivity contribution in [2.75, 3.05) is 5.32 Å². The molecular weight excluding hydrogens is 406 g/mol. The summed E-state index contributed by atoms with van der Waals surface area (Å²) in [6.07, 6.45) is 3.84. The Labute approximate surface area is 182 Å². The molecule has 1 N–H and O–H groups in total. The van der Waals surface area contributed by atoms with E-state index in [1.54, 1.807) is 36.4 Å². The Bertz CT molecular complexity index is 1480. The highest BCUT2D eigenvalue weighted by atomic mass is 16.5. The second-order valence-corrected chi connectivity index (χ2v) is 7.43. The van der Waals surface area contributed by atoms with Gasteiger partial charge < -0.3 is 18.9 Å². The molecule has 0 radical (unpaired) electrons. The van der Waals surface area contributed by atoms with Gasteiger partial charge in [-0.1, -0.05) is 12.1 Å². The van der Waals surface area contributed by atoms with Gasteiger partial charge in [0.05, 0.1) is 5.69 Å². The van der Waals surface area contributed by atoms with Gasteiger partial charge in [-0.25, -0.2) is 9.78 Å². The maximum atomic E-state index is 12.8. The average Bonchev–Trinajstić information content (AvgIpc) is 3.20. The quantitative estimate of drug-likeness (QED) is 0.417. The lowest BCUT2D eigenvalue weighted by Gasteiger charge is -2.09. The van der Waals surface area contributed by atoms with Crippen LogP contribution in [0, 0.1) is 6.92 Å². The molecule has 3 heterocycles. The number of fused-ring (bicyclic) bond motifs is 2. The number of carbonyl (C=O) groups is 1. The fourth-order valence-electron chi connectivity index (χ4n) is 3.55. The van der Waals surface area contributed by atoms with Crippen molar-refractivity contribution in [1.82, 2.24) is 9.38 Å². The van der Waals surface area contributed by atoms with Gasteiger partial charge in [0.2, 0.25) is 0 Å². The Morgan fingerprint density at radius 3 is 2.88 bits per heavy atom. The highest BCUT2D eigenvalue weighted by Crippen LogP contribution is 2.22. The number of anilines is 1. The molecule has 0 bridgehead atoms. The first-order chi connectivity index (χ1) is 15.5. The Morgan fingerprint density at radius 2 is 2.00 bits per heavy atom. The fraction of sp³-hybridized carbons (Fsp3) is 0.0800. The number of aryl methyl sites for hydroxylation is 1. The molecule has 5 aromatic rings. The van der Waals surface area contributed by atoms with Gasteiger partial charge >= 0.3 is 5.63 Å². The topological polar surface area (TPSA) is 85.8 Å². The Hall–Kier alpha value is -4.39. The van der Waals surface area contributed by atoms with Gasteiger partial charge in [0.15, 0.2) is 0 Å². The van der Waals surface area contributed by atoms with Crippen molar-refractivity contribution in [3.63, 3.8) is 0 Å². The van der Waals surface area contributed by atoms with E-state index < -0.39 is 5.63 Å². The number of rotatable bonds is 5. The van der Waals surface area contributed by atoms with Gasteiger partial charge in [-0.3, -0.25) is 4.79 Å². The highest BCUT2D eigenvalue weighted by Gasteiger charge is 2.10. The first-order valence-corrected chi connectivity index (χ1v) is 10.1. The minimum atomic E-state index is -0.422. The SMILES string of the molecule is Cc1cc(=O)oc2cc(NC(=O)c3cccc(OCc4cn5ccccc5n4)c3)ccc12. The zero-order valence-corrected chi connectivity index (χ0v) is 17.2. The van der Waals surface area contributed by atoms with Crippen LogP contribution in [0.5, 0.6) is 5.75 Å². The van der Waals surface area contributed by atoms with E-state index in [-0.39, 0.29) is 12.5 Å². The lowest BCUT2D eigenvalue weighted by Crippen LogP contribution is -2.12. The lowest BCUT2D eigenvalue weighted by atomic mass is 10.1. The van der Waals surface area contributed by atoms with Crippen molar-refractivity contribution in [2.45, 2.75) is 13.5 Å². The molecular formula is C25H19N3O4. The van der Waals surface area contributed by atoms with Crippen LogP contribution in [0.25, 0.3) is 16.6 Å². The van der Waals surface area contributed by atoms with Crippen LogP contribution in [0.3, 0.4) is 0 Å². The minimum absolute atomic E-state index is 0.288. The second-order valence-electron chi connectivity index (χ2n) is 7.43. The number of carbonyl (C=O) groups excluding carboxylic acids is 1. The van der Waals surface area contributed by atoms with Crippen LogP contribution in [0.1, 0.15) is 21.6 Å². The van der Waals surface area contributed by atoms with Crippen molar-refractivity contribution in [3.8, 4) is 5.75 Å². The molecule has 1 amide bonds. The van der Waals surface area contributed by atoms with Crippen LogP contribution in [0.4, 0.5) is 5.69 Å². The molecule has 0 atom stereocenters. The summed E-state index contributed by atoms with van der Waals surface area (Å²) in [6.45, 7) is 2.13. The molecule has 0 saturated carbocycles. The number of aromatic nitrogens is 2. The third-order valence-corrected chi connectivity index (χ3v) is 5.11. The van der Waals surface area contributed by atoms with E-state index in [0.29, 0.717) is 22.6 Å². The number of imidazole rings is 1. The van der Waals surface area contributed by atoms with Crippen LogP contribution < -0.4 is 15.7 Å². The predicted molar refractivity (Wildman–Crippen MR) is 121 cm³/mol. The maximum absolute atomic E-state index is 12.8. The first kappa shape index (κ1) is 19.6. The Kier molecular flexibility index (Phi) is 4.91. The zero-order chi connectivity index (χ0) is 22.1. The largest absolute Gasteiger partial charge is 0.487 e. The van der Waals surface area contributed by atoms with E-state index in [2.05, 4.69) is 10.3 Å². The summed E-state index contributed by atoms with van der Waals surface area (Å²) in [5.41, 5.74) is 3.45. The molecule has 0 spiro atoms. The molecule has 0 aliphatic carbocycles. The van der Waals surface area contributed by atoms with Crippen molar-refractivity contribution in [2.24, 2.45) is 0 Å². The molecule has 2 aromatic carbocycles. The fourth-order valence-corrected chi connectivity index (χ4v) is 3.55. The number of amides is 1. The maximum Gasteiger partial charge on any atom is 0.336 e. The number of benzene rings is 2. The summed E-state index contributed by atoms with van der Waals surface area (Å²) in [4.78, 5) is 28.9. The summed E-state index contributed by atoms with van der Waals surface area (Å²) in [5.74, 6) is 0.271. The van der Waals surface area contributed by atoms with Crippen LogP contribution >= 0.6 is 0 Å².